The Labute approximate surface area is 123 Å². The Morgan fingerprint density at radius 2 is 2.10 bits per heavy atom. The summed E-state index contributed by atoms with van der Waals surface area (Å²) < 4.78 is 0. The molecule has 1 aromatic carbocycles. The Hall–Kier alpha value is -1.49. The third kappa shape index (κ3) is 4.89. The standard InChI is InChI=1S/C15H20N2O2S/c18-14-11-17(9-4-8-16-14)15(19)12-20-10-7-13-5-2-1-3-6-13/h1-3,5-6H,4,7-12H2,(H,16,18). The summed E-state index contributed by atoms with van der Waals surface area (Å²) >= 11 is 1.63. The predicted molar refractivity (Wildman–Crippen MR) is 81.7 cm³/mol. The lowest BCUT2D eigenvalue weighted by molar-refractivity contribution is -0.133. The molecule has 0 aromatic heterocycles. The largest absolute Gasteiger partial charge is 0.354 e. The topological polar surface area (TPSA) is 49.4 Å². The number of hydrogen-bond acceptors (Lipinski definition) is 3. The van der Waals surface area contributed by atoms with Crippen LogP contribution in [-0.2, 0) is 16.0 Å². The summed E-state index contributed by atoms with van der Waals surface area (Å²) in [6, 6.07) is 10.3. The molecule has 0 spiro atoms. The van der Waals surface area contributed by atoms with E-state index in [0.29, 0.717) is 18.8 Å². The van der Waals surface area contributed by atoms with Gasteiger partial charge in [0.2, 0.25) is 11.8 Å². The van der Waals surface area contributed by atoms with E-state index >= 15 is 0 Å². The molecule has 0 unspecified atom stereocenters. The van der Waals surface area contributed by atoms with Crippen molar-refractivity contribution >= 4 is 23.6 Å². The van der Waals surface area contributed by atoms with Crippen molar-refractivity contribution in [2.24, 2.45) is 0 Å². The summed E-state index contributed by atoms with van der Waals surface area (Å²) in [6.07, 6.45) is 1.81. The van der Waals surface area contributed by atoms with Gasteiger partial charge < -0.3 is 10.2 Å². The van der Waals surface area contributed by atoms with Crippen LogP contribution in [0.15, 0.2) is 30.3 Å². The van der Waals surface area contributed by atoms with Crippen LogP contribution in [0.25, 0.3) is 0 Å². The molecule has 1 aliphatic rings. The van der Waals surface area contributed by atoms with Crippen molar-refractivity contribution in [2.45, 2.75) is 12.8 Å². The summed E-state index contributed by atoms with van der Waals surface area (Å²) in [5.41, 5.74) is 1.29. The maximum atomic E-state index is 12.0. The number of nitrogens with one attached hydrogen (secondary N) is 1. The molecule has 0 atom stereocenters. The van der Waals surface area contributed by atoms with Crippen LogP contribution in [0.1, 0.15) is 12.0 Å². The number of carbonyl (C=O) groups excluding carboxylic acids is 2. The van der Waals surface area contributed by atoms with Crippen LogP contribution in [0.2, 0.25) is 0 Å². The third-order valence-corrected chi connectivity index (χ3v) is 4.16. The zero-order valence-electron chi connectivity index (χ0n) is 11.5. The van der Waals surface area contributed by atoms with E-state index in [4.69, 9.17) is 0 Å². The van der Waals surface area contributed by atoms with Gasteiger partial charge in [-0.05, 0) is 24.2 Å². The quantitative estimate of drug-likeness (QED) is 0.833. The van der Waals surface area contributed by atoms with Gasteiger partial charge in [-0.25, -0.2) is 0 Å². The van der Waals surface area contributed by atoms with Crippen molar-refractivity contribution in [3.05, 3.63) is 35.9 Å². The second-order valence-corrected chi connectivity index (χ2v) is 5.91. The van der Waals surface area contributed by atoms with Gasteiger partial charge in [0.05, 0.1) is 12.3 Å². The van der Waals surface area contributed by atoms with Crippen molar-refractivity contribution in [1.82, 2.24) is 10.2 Å². The highest BCUT2D eigenvalue weighted by Gasteiger charge is 2.19. The van der Waals surface area contributed by atoms with Gasteiger partial charge in [-0.1, -0.05) is 30.3 Å². The van der Waals surface area contributed by atoms with Crippen LogP contribution in [0, 0.1) is 0 Å². The van der Waals surface area contributed by atoms with Crippen LogP contribution in [-0.4, -0.2) is 47.9 Å². The van der Waals surface area contributed by atoms with Crippen LogP contribution >= 0.6 is 11.8 Å². The summed E-state index contributed by atoms with van der Waals surface area (Å²) in [4.78, 5) is 25.1. The first kappa shape index (κ1) is 14.9. The normalized spacial score (nSPS) is 15.6. The number of nitrogens with zero attached hydrogens (tertiary/aromatic N) is 1. The van der Waals surface area contributed by atoms with Crippen LogP contribution in [0.4, 0.5) is 0 Å². The molecular formula is C15H20N2O2S. The number of amides is 2. The Morgan fingerprint density at radius 3 is 2.90 bits per heavy atom. The average molecular weight is 292 g/mol. The molecule has 108 valence electrons. The van der Waals surface area contributed by atoms with Crippen LogP contribution in [0.5, 0.6) is 0 Å². The second kappa shape index (κ2) is 7.94. The highest BCUT2D eigenvalue weighted by atomic mass is 32.2. The fraction of sp³-hybridized carbons (Fsp3) is 0.467. The van der Waals surface area contributed by atoms with Gasteiger partial charge in [0.25, 0.3) is 0 Å². The maximum Gasteiger partial charge on any atom is 0.239 e. The molecule has 1 aliphatic heterocycles. The second-order valence-electron chi connectivity index (χ2n) is 4.81. The lowest BCUT2D eigenvalue weighted by atomic mass is 10.2. The summed E-state index contributed by atoms with van der Waals surface area (Å²) in [7, 11) is 0. The molecule has 2 amide bonds. The summed E-state index contributed by atoms with van der Waals surface area (Å²) in [5.74, 6) is 1.40. The van der Waals surface area contributed by atoms with E-state index in [1.54, 1.807) is 16.7 Å². The minimum Gasteiger partial charge on any atom is -0.354 e. The van der Waals surface area contributed by atoms with Gasteiger partial charge in [0, 0.05) is 13.1 Å². The molecule has 5 heteroatoms. The SMILES string of the molecule is O=C1CN(C(=O)CSCCc2ccccc2)CCCN1. The zero-order chi connectivity index (χ0) is 14.2. The molecule has 1 aromatic rings. The van der Waals surface area contributed by atoms with Crippen LogP contribution < -0.4 is 5.32 Å². The number of thioether (sulfide) groups is 1. The smallest absolute Gasteiger partial charge is 0.239 e. The number of hydrogen-bond donors (Lipinski definition) is 1. The molecular weight excluding hydrogens is 272 g/mol. The van der Waals surface area contributed by atoms with E-state index in [-0.39, 0.29) is 18.4 Å². The Balaban J connectivity index is 1.68. The Kier molecular flexibility index (Phi) is 5.92. The van der Waals surface area contributed by atoms with Gasteiger partial charge >= 0.3 is 0 Å². The Bertz CT molecular complexity index is 450. The third-order valence-electron chi connectivity index (χ3n) is 3.22. The monoisotopic (exact) mass is 292 g/mol. The van der Waals surface area contributed by atoms with Crippen molar-refractivity contribution in [3.63, 3.8) is 0 Å². The maximum absolute atomic E-state index is 12.0. The van der Waals surface area contributed by atoms with E-state index in [1.807, 2.05) is 18.2 Å². The number of rotatable bonds is 5. The fourth-order valence-corrected chi connectivity index (χ4v) is 2.99. The zero-order valence-corrected chi connectivity index (χ0v) is 12.3. The molecule has 1 N–H and O–H groups in total. The van der Waals surface area contributed by atoms with Crippen molar-refractivity contribution in [3.8, 4) is 0 Å². The van der Waals surface area contributed by atoms with E-state index in [0.717, 1.165) is 18.6 Å². The molecule has 0 radical (unpaired) electrons. The first-order chi connectivity index (χ1) is 9.75. The average Bonchev–Trinajstić information content (AvgIpc) is 2.69. The highest BCUT2D eigenvalue weighted by molar-refractivity contribution is 7.99. The van der Waals surface area contributed by atoms with E-state index in [9.17, 15) is 9.59 Å². The molecule has 1 saturated heterocycles. The first-order valence-electron chi connectivity index (χ1n) is 6.92. The van der Waals surface area contributed by atoms with E-state index in [1.165, 1.54) is 5.56 Å². The Morgan fingerprint density at radius 1 is 1.30 bits per heavy atom. The molecule has 2 rings (SSSR count). The minimum atomic E-state index is -0.0508. The van der Waals surface area contributed by atoms with Gasteiger partial charge in [-0.2, -0.15) is 11.8 Å². The molecule has 1 heterocycles. The van der Waals surface area contributed by atoms with Crippen molar-refractivity contribution < 1.29 is 9.59 Å². The minimum absolute atomic E-state index is 0.0508. The van der Waals surface area contributed by atoms with Gasteiger partial charge in [0.1, 0.15) is 0 Å². The lowest BCUT2D eigenvalue weighted by Crippen LogP contribution is -2.38. The molecule has 20 heavy (non-hydrogen) atoms. The first-order valence-corrected chi connectivity index (χ1v) is 8.07. The predicted octanol–water partition coefficient (Wildman–Crippen LogP) is 1.31. The van der Waals surface area contributed by atoms with E-state index in [2.05, 4.69) is 17.4 Å². The lowest BCUT2D eigenvalue weighted by Gasteiger charge is -2.18. The summed E-state index contributed by atoms with van der Waals surface area (Å²) in [6.45, 7) is 1.55. The molecule has 4 nitrogen and oxygen atoms in total. The molecule has 0 bridgehead atoms. The number of aryl methyl sites for hydroxylation is 1. The van der Waals surface area contributed by atoms with Crippen LogP contribution in [0.3, 0.4) is 0 Å². The van der Waals surface area contributed by atoms with Crippen molar-refractivity contribution in [2.75, 3.05) is 31.1 Å². The molecule has 0 saturated carbocycles. The highest BCUT2D eigenvalue weighted by Crippen LogP contribution is 2.09. The molecule has 1 fully saturated rings. The van der Waals surface area contributed by atoms with Gasteiger partial charge in [0.15, 0.2) is 0 Å². The molecule has 0 aliphatic carbocycles. The number of carbonyl (C=O) groups is 2. The number of benzene rings is 1. The van der Waals surface area contributed by atoms with Gasteiger partial charge in [-0.3, -0.25) is 9.59 Å². The van der Waals surface area contributed by atoms with Crippen molar-refractivity contribution in [1.29, 1.82) is 0 Å². The summed E-state index contributed by atoms with van der Waals surface area (Å²) in [5, 5.41) is 2.78. The fourth-order valence-electron chi connectivity index (χ4n) is 2.10. The van der Waals surface area contributed by atoms with E-state index < -0.39 is 0 Å². The van der Waals surface area contributed by atoms with Gasteiger partial charge in [-0.15, -0.1) is 0 Å².